The lowest BCUT2D eigenvalue weighted by atomic mass is 9.97. The van der Waals surface area contributed by atoms with Gasteiger partial charge >= 0.3 is 0 Å². The molecule has 5 heteroatoms. The molecular formula is C27H18ClNO3. The van der Waals surface area contributed by atoms with Gasteiger partial charge in [0.05, 0.1) is 11.3 Å². The maximum atomic E-state index is 12.5. The zero-order valence-corrected chi connectivity index (χ0v) is 17.7. The smallest absolute Gasteiger partial charge is 0.250 e. The average molecular weight is 440 g/mol. The Bertz CT molecular complexity index is 1500. The van der Waals surface area contributed by atoms with Crippen molar-refractivity contribution in [1.82, 2.24) is 0 Å². The van der Waals surface area contributed by atoms with E-state index in [9.17, 15) is 9.59 Å². The first-order chi connectivity index (χ1) is 15.6. The van der Waals surface area contributed by atoms with Gasteiger partial charge < -0.3 is 10.1 Å². The van der Waals surface area contributed by atoms with Crippen LogP contribution in [-0.4, -0.2) is 0 Å². The van der Waals surface area contributed by atoms with Crippen LogP contribution < -0.4 is 20.9 Å². The summed E-state index contributed by atoms with van der Waals surface area (Å²) < 4.78 is 5.98. The molecule has 0 atom stereocenters. The third-order valence-electron chi connectivity index (χ3n) is 5.38. The number of hydrogen-bond acceptors (Lipinski definition) is 4. The molecular weight excluding hydrogens is 422 g/mol. The Morgan fingerprint density at radius 3 is 2.31 bits per heavy atom. The number of rotatable bonds is 6. The first-order valence-electron chi connectivity index (χ1n) is 10.2. The van der Waals surface area contributed by atoms with Crippen LogP contribution in [0.1, 0.15) is 5.56 Å². The normalized spacial score (nSPS) is 11.0. The molecule has 0 aliphatic rings. The van der Waals surface area contributed by atoms with Gasteiger partial charge in [-0.25, -0.2) is 0 Å². The number of benzene rings is 4. The molecule has 0 spiro atoms. The third kappa shape index (κ3) is 3.77. The lowest BCUT2D eigenvalue weighted by Crippen LogP contribution is -2.36. The molecule has 0 saturated carbocycles. The molecule has 32 heavy (non-hydrogen) atoms. The fourth-order valence-corrected chi connectivity index (χ4v) is 3.92. The second-order valence-electron chi connectivity index (χ2n) is 7.50. The van der Waals surface area contributed by atoms with E-state index < -0.39 is 10.9 Å². The van der Waals surface area contributed by atoms with Crippen LogP contribution in [0.25, 0.3) is 21.9 Å². The quantitative estimate of drug-likeness (QED) is 0.322. The monoisotopic (exact) mass is 439 g/mol. The summed E-state index contributed by atoms with van der Waals surface area (Å²) in [6.07, 6.45) is 0. The predicted molar refractivity (Wildman–Crippen MR) is 130 cm³/mol. The highest BCUT2D eigenvalue weighted by Crippen LogP contribution is 2.37. The van der Waals surface area contributed by atoms with E-state index in [0.29, 0.717) is 39.9 Å². The summed E-state index contributed by atoms with van der Waals surface area (Å²) in [5.74, 6) is 1.03. The van der Waals surface area contributed by atoms with Gasteiger partial charge in [0.25, 0.3) is 0 Å². The molecule has 4 nitrogen and oxygen atoms in total. The van der Waals surface area contributed by atoms with Crippen LogP contribution in [0.2, 0.25) is 5.02 Å². The van der Waals surface area contributed by atoms with Crippen LogP contribution in [0.5, 0.6) is 11.5 Å². The van der Waals surface area contributed by atoms with E-state index in [1.54, 1.807) is 18.2 Å². The highest BCUT2D eigenvalue weighted by atomic mass is 35.5. The van der Waals surface area contributed by atoms with Gasteiger partial charge in [-0.2, -0.15) is 0 Å². The van der Waals surface area contributed by atoms with Gasteiger partial charge in [-0.1, -0.05) is 66.2 Å². The lowest BCUT2D eigenvalue weighted by molar-refractivity contribution is 0.484. The van der Waals surface area contributed by atoms with Crippen molar-refractivity contribution in [3.8, 4) is 22.6 Å². The highest BCUT2D eigenvalue weighted by Gasteiger charge is 2.25. The van der Waals surface area contributed by atoms with Crippen LogP contribution in [0.4, 0.5) is 5.69 Å². The van der Waals surface area contributed by atoms with E-state index in [-0.39, 0.29) is 0 Å². The van der Waals surface area contributed by atoms with E-state index in [1.807, 2.05) is 60.7 Å². The van der Waals surface area contributed by atoms with Crippen molar-refractivity contribution in [3.63, 3.8) is 0 Å². The molecule has 156 valence electrons. The maximum absolute atomic E-state index is 12.5. The van der Waals surface area contributed by atoms with Gasteiger partial charge in [-0.15, -0.1) is 0 Å². The Morgan fingerprint density at radius 2 is 1.50 bits per heavy atom. The van der Waals surface area contributed by atoms with Gasteiger partial charge in [0, 0.05) is 23.2 Å². The number of nitrogens with one attached hydrogen (secondary N) is 1. The Balaban J connectivity index is 1.46. The number of anilines is 1. The van der Waals surface area contributed by atoms with Crippen LogP contribution >= 0.6 is 11.6 Å². The first-order valence-corrected chi connectivity index (χ1v) is 10.6. The second kappa shape index (κ2) is 8.33. The molecule has 0 amide bonds. The van der Waals surface area contributed by atoms with Crippen molar-refractivity contribution < 1.29 is 4.74 Å². The van der Waals surface area contributed by atoms with E-state index in [0.717, 1.165) is 16.3 Å². The Labute approximate surface area is 189 Å². The molecule has 0 radical (unpaired) electrons. The Hall–Kier alpha value is -3.89. The Morgan fingerprint density at radius 1 is 0.750 bits per heavy atom. The third-order valence-corrected chi connectivity index (χ3v) is 5.61. The van der Waals surface area contributed by atoms with Crippen molar-refractivity contribution in [2.75, 3.05) is 5.32 Å². The van der Waals surface area contributed by atoms with E-state index in [4.69, 9.17) is 16.3 Å². The van der Waals surface area contributed by atoms with Crippen molar-refractivity contribution in [3.05, 3.63) is 122 Å². The fourth-order valence-electron chi connectivity index (χ4n) is 3.76. The molecule has 0 aliphatic heterocycles. The molecule has 5 aromatic rings. The minimum atomic E-state index is -0.536. The Kier molecular flexibility index (Phi) is 5.21. The fraction of sp³-hybridized carbons (Fsp3) is 0.0370. The van der Waals surface area contributed by atoms with E-state index in [2.05, 4.69) is 17.4 Å². The van der Waals surface area contributed by atoms with Crippen molar-refractivity contribution in [1.29, 1.82) is 0 Å². The summed E-state index contributed by atoms with van der Waals surface area (Å²) in [4.78, 5) is 24.9. The van der Waals surface area contributed by atoms with Gasteiger partial charge in [-0.05, 0) is 46.7 Å². The SMILES string of the molecule is O=c1c(NCc2ccc3ccccc3c2)c(-c2ccc(Cl)cc2Oc2ccccc2)c1=O. The van der Waals surface area contributed by atoms with Crippen LogP contribution in [0, 0.1) is 0 Å². The van der Waals surface area contributed by atoms with Gasteiger partial charge in [0.15, 0.2) is 0 Å². The minimum Gasteiger partial charge on any atom is -0.457 e. The summed E-state index contributed by atoms with van der Waals surface area (Å²) in [6, 6.07) is 28.5. The zero-order chi connectivity index (χ0) is 22.1. The summed E-state index contributed by atoms with van der Waals surface area (Å²) >= 11 is 6.18. The molecule has 0 saturated heterocycles. The number of para-hydroxylation sites is 1. The maximum Gasteiger partial charge on any atom is 0.250 e. The zero-order valence-electron chi connectivity index (χ0n) is 17.0. The molecule has 0 bridgehead atoms. The van der Waals surface area contributed by atoms with Crippen molar-refractivity contribution in [2.24, 2.45) is 0 Å². The average Bonchev–Trinajstić information content (AvgIpc) is 2.82. The van der Waals surface area contributed by atoms with Gasteiger partial charge in [0.2, 0.25) is 10.9 Å². The molecule has 0 unspecified atom stereocenters. The molecule has 5 aromatic carbocycles. The number of halogens is 1. The van der Waals surface area contributed by atoms with Crippen LogP contribution in [0.3, 0.4) is 0 Å². The molecule has 0 fully saturated rings. The van der Waals surface area contributed by atoms with Gasteiger partial charge in [0.1, 0.15) is 11.5 Å². The minimum absolute atomic E-state index is 0.295. The second-order valence-corrected chi connectivity index (χ2v) is 7.94. The molecule has 0 aliphatic carbocycles. The number of ether oxygens (including phenoxy) is 1. The topological polar surface area (TPSA) is 55.4 Å². The summed E-state index contributed by atoms with van der Waals surface area (Å²) in [5.41, 5.74) is 1.10. The number of fused-ring (bicyclic) bond motifs is 1. The summed E-state index contributed by atoms with van der Waals surface area (Å²) in [5, 5.41) is 5.90. The van der Waals surface area contributed by atoms with Crippen molar-refractivity contribution >= 4 is 28.1 Å². The van der Waals surface area contributed by atoms with E-state index >= 15 is 0 Å². The van der Waals surface area contributed by atoms with Gasteiger partial charge in [-0.3, -0.25) is 9.59 Å². The molecule has 0 aromatic heterocycles. The molecule has 0 heterocycles. The molecule has 5 rings (SSSR count). The predicted octanol–water partition coefficient (Wildman–Crippen LogP) is 6.16. The standard InChI is InChI=1S/C27H18ClNO3/c28-20-12-13-22(23(15-20)32-21-8-2-1-3-9-21)24-25(27(31)26(24)30)29-16-17-10-11-18-6-4-5-7-19(18)14-17/h1-15,29H,16H2. The summed E-state index contributed by atoms with van der Waals surface area (Å²) in [6.45, 7) is 0.422. The number of hydrogen-bond donors (Lipinski definition) is 1. The van der Waals surface area contributed by atoms with Crippen LogP contribution in [-0.2, 0) is 6.54 Å². The lowest BCUT2D eigenvalue weighted by Gasteiger charge is -2.17. The molecule has 1 N–H and O–H groups in total. The largest absolute Gasteiger partial charge is 0.457 e. The highest BCUT2D eigenvalue weighted by molar-refractivity contribution is 6.30. The first kappa shape index (κ1) is 20.0. The van der Waals surface area contributed by atoms with Crippen molar-refractivity contribution in [2.45, 2.75) is 6.54 Å². The summed E-state index contributed by atoms with van der Waals surface area (Å²) in [7, 11) is 0. The van der Waals surface area contributed by atoms with E-state index in [1.165, 1.54) is 0 Å². The van der Waals surface area contributed by atoms with Crippen LogP contribution in [0.15, 0.2) is 101 Å².